The van der Waals surface area contributed by atoms with E-state index in [9.17, 15) is 31.4 Å². The van der Waals surface area contributed by atoms with Crippen LogP contribution in [0.3, 0.4) is 0 Å². The van der Waals surface area contributed by atoms with E-state index in [0.717, 1.165) is 12.1 Å². The summed E-state index contributed by atoms with van der Waals surface area (Å²) >= 11 is 1.20. The maximum Gasteiger partial charge on any atom is 0.430 e. The van der Waals surface area contributed by atoms with E-state index in [4.69, 9.17) is 0 Å². The van der Waals surface area contributed by atoms with Crippen molar-refractivity contribution in [2.24, 2.45) is 0 Å². The summed E-state index contributed by atoms with van der Waals surface area (Å²) in [5, 5.41) is 12.4. The van der Waals surface area contributed by atoms with Crippen molar-refractivity contribution in [2.75, 3.05) is 11.9 Å². The van der Waals surface area contributed by atoms with E-state index in [1.165, 1.54) is 11.8 Å². The Labute approximate surface area is 126 Å². The van der Waals surface area contributed by atoms with E-state index in [0.29, 0.717) is 24.7 Å². The molecule has 2 rings (SSSR count). The van der Waals surface area contributed by atoms with Gasteiger partial charge >= 0.3 is 12.4 Å². The summed E-state index contributed by atoms with van der Waals surface area (Å²) in [4.78, 5) is 0.266. The molecule has 9 heteroatoms. The fourth-order valence-electron chi connectivity index (χ4n) is 2.15. The first-order chi connectivity index (χ1) is 10.0. The van der Waals surface area contributed by atoms with Gasteiger partial charge in [-0.15, -0.1) is 11.8 Å². The van der Waals surface area contributed by atoms with Gasteiger partial charge < -0.3 is 10.4 Å². The maximum absolute atomic E-state index is 12.9. The third-order valence-corrected chi connectivity index (χ3v) is 4.91. The summed E-state index contributed by atoms with van der Waals surface area (Å²) in [5.41, 5.74) is -5.64. The zero-order chi connectivity index (χ0) is 16.8. The number of aliphatic hydroxyl groups is 1. The third-order valence-electron chi connectivity index (χ3n) is 3.49. The highest BCUT2D eigenvalue weighted by molar-refractivity contribution is 8.00. The van der Waals surface area contributed by atoms with Gasteiger partial charge in [0.05, 0.1) is 0 Å². The first-order valence-corrected chi connectivity index (χ1v) is 7.29. The summed E-state index contributed by atoms with van der Waals surface area (Å²) in [6.45, 7) is 2.45. The number of anilines is 1. The van der Waals surface area contributed by atoms with Crippen LogP contribution in [0.4, 0.5) is 32.0 Å². The van der Waals surface area contributed by atoms with Crippen molar-refractivity contribution in [3.05, 3.63) is 23.8 Å². The Kier molecular flexibility index (Phi) is 4.33. The van der Waals surface area contributed by atoms with Gasteiger partial charge in [0.2, 0.25) is 0 Å². The summed E-state index contributed by atoms with van der Waals surface area (Å²) in [6.07, 6.45) is -11.0. The number of alkyl halides is 6. The van der Waals surface area contributed by atoms with E-state index in [1.54, 1.807) is 0 Å². The van der Waals surface area contributed by atoms with Crippen molar-refractivity contribution in [1.82, 2.24) is 0 Å². The Morgan fingerprint density at radius 2 is 1.77 bits per heavy atom. The minimum atomic E-state index is -5.86. The molecule has 2 nitrogen and oxygen atoms in total. The monoisotopic (exact) mass is 345 g/mol. The molecule has 1 aromatic rings. The molecular formula is C13H13F6NOS. The highest BCUT2D eigenvalue weighted by Gasteiger charge is 2.71. The highest BCUT2D eigenvalue weighted by Crippen LogP contribution is 2.51. The minimum Gasteiger partial charge on any atom is -0.383 e. The fourth-order valence-corrected chi connectivity index (χ4v) is 3.31. The number of nitrogens with one attached hydrogen (secondary N) is 1. The van der Waals surface area contributed by atoms with Crippen molar-refractivity contribution in [3.63, 3.8) is 0 Å². The Hall–Kier alpha value is -1.09. The van der Waals surface area contributed by atoms with Crippen molar-refractivity contribution in [1.29, 1.82) is 0 Å². The maximum atomic E-state index is 12.9. The molecule has 0 saturated carbocycles. The Morgan fingerprint density at radius 3 is 2.27 bits per heavy atom. The number of rotatable bonds is 2. The summed E-state index contributed by atoms with van der Waals surface area (Å²) in [6, 6.07) is 2.54. The van der Waals surface area contributed by atoms with Gasteiger partial charge in [-0.1, -0.05) is 13.0 Å². The molecule has 0 aromatic heterocycles. The van der Waals surface area contributed by atoms with Crippen molar-refractivity contribution in [3.8, 4) is 0 Å². The number of halogens is 6. The zero-order valence-electron chi connectivity index (χ0n) is 11.3. The molecule has 0 amide bonds. The molecule has 0 bridgehead atoms. The second kappa shape index (κ2) is 5.52. The number of thioether (sulfide) groups is 1. The van der Waals surface area contributed by atoms with Gasteiger partial charge in [0.25, 0.3) is 5.60 Å². The standard InChI is InChI=1S/C13H13F6NOS/c1-2-8-6-20-9-4-3-7(5-10(9)22-8)11(21,12(14,15)16)13(17,18)19/h3-5,8,20-21H,2,6H2,1H3/t8-/m0/s1. The fraction of sp³-hybridized carbons (Fsp3) is 0.538. The van der Waals surface area contributed by atoms with Crippen LogP contribution in [-0.4, -0.2) is 29.3 Å². The van der Waals surface area contributed by atoms with Gasteiger partial charge in [-0.2, -0.15) is 26.3 Å². The average Bonchev–Trinajstić information content (AvgIpc) is 2.42. The molecule has 0 fully saturated rings. The lowest BCUT2D eigenvalue weighted by molar-refractivity contribution is -0.376. The predicted molar refractivity (Wildman–Crippen MR) is 70.9 cm³/mol. The van der Waals surface area contributed by atoms with Crippen molar-refractivity contribution >= 4 is 17.4 Å². The lowest BCUT2D eigenvalue weighted by Gasteiger charge is -2.34. The smallest absolute Gasteiger partial charge is 0.383 e. The molecular weight excluding hydrogens is 332 g/mol. The molecule has 1 atom stereocenters. The first kappa shape index (κ1) is 17.3. The molecule has 0 saturated heterocycles. The molecule has 1 aliphatic heterocycles. The predicted octanol–water partition coefficient (Wildman–Crippen LogP) is 4.30. The second-order valence-electron chi connectivity index (χ2n) is 4.95. The molecule has 0 spiro atoms. The van der Waals surface area contributed by atoms with Crippen LogP contribution in [0.15, 0.2) is 23.1 Å². The van der Waals surface area contributed by atoms with Crippen LogP contribution in [0.1, 0.15) is 18.9 Å². The Morgan fingerprint density at radius 1 is 1.18 bits per heavy atom. The van der Waals surface area contributed by atoms with Crippen LogP contribution < -0.4 is 5.32 Å². The molecule has 1 aliphatic rings. The van der Waals surface area contributed by atoms with Crippen LogP contribution in [0.2, 0.25) is 0 Å². The first-order valence-electron chi connectivity index (χ1n) is 6.41. The average molecular weight is 345 g/mol. The van der Waals surface area contributed by atoms with Gasteiger partial charge in [-0.05, 0) is 18.6 Å². The molecule has 0 unspecified atom stereocenters. The SMILES string of the molecule is CC[C@H]1CNc2ccc(C(O)(C(F)(F)F)C(F)(F)F)cc2S1. The van der Waals surface area contributed by atoms with Crippen LogP contribution in [0.25, 0.3) is 0 Å². The molecule has 0 radical (unpaired) electrons. The number of hydrogen-bond acceptors (Lipinski definition) is 3. The quantitative estimate of drug-likeness (QED) is 0.784. The largest absolute Gasteiger partial charge is 0.430 e. The molecule has 124 valence electrons. The van der Waals surface area contributed by atoms with Crippen LogP contribution in [0.5, 0.6) is 0 Å². The Bertz CT molecular complexity index is 542. The van der Waals surface area contributed by atoms with Gasteiger partial charge in [0, 0.05) is 27.9 Å². The Balaban J connectivity index is 2.52. The van der Waals surface area contributed by atoms with E-state index in [1.807, 2.05) is 6.92 Å². The lowest BCUT2D eigenvalue weighted by Crippen LogP contribution is -2.53. The van der Waals surface area contributed by atoms with E-state index in [-0.39, 0.29) is 10.1 Å². The number of fused-ring (bicyclic) bond motifs is 1. The highest BCUT2D eigenvalue weighted by atomic mass is 32.2. The van der Waals surface area contributed by atoms with Gasteiger partial charge in [-0.3, -0.25) is 0 Å². The second-order valence-corrected chi connectivity index (χ2v) is 6.29. The van der Waals surface area contributed by atoms with Crippen LogP contribution in [0, 0.1) is 0 Å². The topological polar surface area (TPSA) is 32.3 Å². The molecule has 1 aromatic carbocycles. The molecule has 0 aliphatic carbocycles. The van der Waals surface area contributed by atoms with Crippen LogP contribution >= 0.6 is 11.8 Å². The number of benzene rings is 1. The van der Waals surface area contributed by atoms with Crippen molar-refractivity contribution in [2.45, 2.75) is 41.4 Å². The van der Waals surface area contributed by atoms with Crippen molar-refractivity contribution < 1.29 is 31.4 Å². The van der Waals surface area contributed by atoms with E-state index >= 15 is 0 Å². The summed E-state index contributed by atoms with van der Waals surface area (Å²) in [5.74, 6) is 0. The van der Waals surface area contributed by atoms with E-state index in [2.05, 4.69) is 5.32 Å². The summed E-state index contributed by atoms with van der Waals surface area (Å²) in [7, 11) is 0. The van der Waals surface area contributed by atoms with Crippen LogP contribution in [-0.2, 0) is 5.60 Å². The molecule has 2 N–H and O–H groups in total. The van der Waals surface area contributed by atoms with Gasteiger partial charge in [0.15, 0.2) is 0 Å². The normalized spacial score (nSPS) is 19.5. The third kappa shape index (κ3) is 2.76. The van der Waals surface area contributed by atoms with Gasteiger partial charge in [0.1, 0.15) is 0 Å². The molecule has 1 heterocycles. The lowest BCUT2D eigenvalue weighted by atomic mass is 9.92. The number of hydrogen-bond donors (Lipinski definition) is 2. The summed E-state index contributed by atoms with van der Waals surface area (Å²) < 4.78 is 77.2. The van der Waals surface area contributed by atoms with E-state index < -0.39 is 23.5 Å². The zero-order valence-corrected chi connectivity index (χ0v) is 12.2. The minimum absolute atomic E-state index is 0.0487. The molecule has 22 heavy (non-hydrogen) atoms. The van der Waals surface area contributed by atoms with Gasteiger partial charge in [-0.25, -0.2) is 0 Å².